The molecule has 0 saturated heterocycles. The smallest absolute Gasteiger partial charge is 0.360 e. The zero-order chi connectivity index (χ0) is 28.9. The fraction of sp³-hybridized carbons (Fsp3) is 0.407. The predicted molar refractivity (Wildman–Crippen MR) is 152 cm³/mol. The summed E-state index contributed by atoms with van der Waals surface area (Å²) in [6, 6.07) is 9.52. The summed E-state index contributed by atoms with van der Waals surface area (Å²) in [7, 11) is 4.35. The molecule has 12 heteroatoms. The summed E-state index contributed by atoms with van der Waals surface area (Å²) in [5, 5.41) is 23.0. The molecule has 3 atom stereocenters. The minimum absolute atomic E-state index is 0.0592. The summed E-state index contributed by atoms with van der Waals surface area (Å²) >= 11 is 2.05. The highest BCUT2D eigenvalue weighted by Crippen LogP contribution is 2.37. The molecular formula is C27H32INO10. The highest BCUT2D eigenvalue weighted by atomic mass is 127. The van der Waals surface area contributed by atoms with Crippen LogP contribution in [0.5, 0.6) is 17.2 Å². The summed E-state index contributed by atoms with van der Waals surface area (Å²) in [5.74, 6) is 0.358. The maximum atomic E-state index is 12.8. The van der Waals surface area contributed by atoms with Crippen LogP contribution in [0.2, 0.25) is 0 Å². The number of aliphatic hydroxyl groups is 2. The molecule has 0 aliphatic carbocycles. The van der Waals surface area contributed by atoms with Gasteiger partial charge in [0, 0.05) is 18.1 Å². The van der Waals surface area contributed by atoms with Gasteiger partial charge in [-0.1, -0.05) is 0 Å². The normalized spacial score (nSPS) is 14.0. The molecular weight excluding hydrogens is 625 g/mol. The van der Waals surface area contributed by atoms with E-state index in [1.54, 1.807) is 51.1 Å². The van der Waals surface area contributed by atoms with Crippen molar-refractivity contribution in [1.29, 1.82) is 0 Å². The minimum Gasteiger partial charge on any atom is -0.496 e. The zero-order valence-electron chi connectivity index (χ0n) is 22.4. The molecule has 0 fully saturated rings. The molecule has 3 N–H and O–H groups in total. The Balaban J connectivity index is 1.88. The average molecular weight is 657 g/mol. The van der Waals surface area contributed by atoms with Gasteiger partial charge in [0.2, 0.25) is 12.0 Å². The van der Waals surface area contributed by atoms with E-state index in [0.29, 0.717) is 16.7 Å². The van der Waals surface area contributed by atoms with Gasteiger partial charge in [0.15, 0.2) is 11.3 Å². The molecule has 39 heavy (non-hydrogen) atoms. The molecule has 0 spiro atoms. The Bertz CT molecular complexity index is 1370. The lowest BCUT2D eigenvalue weighted by Crippen LogP contribution is -2.50. The van der Waals surface area contributed by atoms with Crippen molar-refractivity contribution in [3.05, 3.63) is 56.0 Å². The number of nitrogens with one attached hydrogen (secondary N) is 1. The highest BCUT2D eigenvalue weighted by Gasteiger charge is 2.37. The van der Waals surface area contributed by atoms with Gasteiger partial charge in [-0.2, -0.15) is 0 Å². The lowest BCUT2D eigenvalue weighted by Gasteiger charge is -2.37. The topological polar surface area (TPSA) is 146 Å². The average Bonchev–Trinajstić information content (AvgIpc) is 2.88. The second-order valence-corrected chi connectivity index (χ2v) is 10.3. The Morgan fingerprint density at radius 3 is 2.36 bits per heavy atom. The number of aliphatic hydroxyl groups excluding tert-OH is 2. The number of methoxy groups -OCH3 is 3. The van der Waals surface area contributed by atoms with E-state index in [1.807, 2.05) is 0 Å². The second-order valence-electron chi connectivity index (χ2n) is 9.11. The van der Waals surface area contributed by atoms with Crippen LogP contribution >= 0.6 is 22.6 Å². The molecule has 1 amide bonds. The standard InChI is InChI=1S/C27H32INO10/c1-14(31)24(36-6)27(2,3)39-21(13-30)37-20-10-7-15-12-18(26(33)38-22(15)23(20)35-5)29-25(32)16-8-9-19(34-4)17(28)11-16/h7-12,14,21,24,30-31H,13H2,1-6H3,(H,29,32). The number of amides is 1. The van der Waals surface area contributed by atoms with Crippen molar-refractivity contribution < 1.29 is 43.1 Å². The van der Waals surface area contributed by atoms with Gasteiger partial charge in [0.05, 0.1) is 29.5 Å². The number of benzene rings is 2. The molecule has 11 nitrogen and oxygen atoms in total. The molecule has 0 aliphatic heterocycles. The quantitative estimate of drug-likeness (QED) is 0.150. The number of carbonyl (C=O) groups excluding carboxylic acids is 1. The Kier molecular flexibility index (Phi) is 10.2. The SMILES string of the molecule is COc1ccc(C(=O)Nc2cc3ccc(OC(CO)OC(C)(C)C(OC)C(C)O)c(OC)c3oc2=O)cc1I. The number of ether oxygens (including phenoxy) is 5. The third-order valence-electron chi connectivity index (χ3n) is 5.91. The first-order valence-corrected chi connectivity index (χ1v) is 13.0. The van der Waals surface area contributed by atoms with Crippen LogP contribution < -0.4 is 25.2 Å². The molecule has 0 aliphatic rings. The van der Waals surface area contributed by atoms with Gasteiger partial charge in [0.1, 0.15) is 24.1 Å². The molecule has 212 valence electrons. The minimum atomic E-state index is -1.17. The highest BCUT2D eigenvalue weighted by molar-refractivity contribution is 14.1. The van der Waals surface area contributed by atoms with Crippen LogP contribution in [0.1, 0.15) is 31.1 Å². The second kappa shape index (κ2) is 13.0. The van der Waals surface area contributed by atoms with Gasteiger partial charge in [-0.05, 0) is 79.8 Å². The van der Waals surface area contributed by atoms with Crippen LogP contribution in [-0.2, 0) is 9.47 Å². The van der Waals surface area contributed by atoms with Crippen LogP contribution in [-0.4, -0.2) is 68.2 Å². The first-order chi connectivity index (χ1) is 18.4. The van der Waals surface area contributed by atoms with Crippen molar-refractivity contribution in [2.75, 3.05) is 33.3 Å². The van der Waals surface area contributed by atoms with Crippen molar-refractivity contribution in [3.8, 4) is 17.2 Å². The van der Waals surface area contributed by atoms with Gasteiger partial charge in [-0.15, -0.1) is 0 Å². The lowest BCUT2D eigenvalue weighted by atomic mass is 9.97. The Morgan fingerprint density at radius 2 is 1.79 bits per heavy atom. The molecule has 1 aromatic heterocycles. The van der Waals surface area contributed by atoms with Gasteiger partial charge in [0.25, 0.3) is 5.91 Å². The Labute approximate surface area is 239 Å². The molecule has 3 unspecified atom stereocenters. The number of fused-ring (bicyclic) bond motifs is 1. The summed E-state index contributed by atoms with van der Waals surface area (Å²) in [6.07, 6.45) is -2.72. The van der Waals surface area contributed by atoms with Crippen LogP contribution in [0.25, 0.3) is 11.0 Å². The molecule has 3 rings (SSSR count). The van der Waals surface area contributed by atoms with Gasteiger partial charge in [-0.3, -0.25) is 4.79 Å². The number of halogens is 1. The fourth-order valence-corrected chi connectivity index (χ4v) is 4.96. The van der Waals surface area contributed by atoms with Crippen molar-refractivity contribution in [1.82, 2.24) is 0 Å². The summed E-state index contributed by atoms with van der Waals surface area (Å²) < 4.78 is 34.0. The number of hydrogen-bond acceptors (Lipinski definition) is 10. The lowest BCUT2D eigenvalue weighted by molar-refractivity contribution is -0.225. The van der Waals surface area contributed by atoms with E-state index in [2.05, 4.69) is 27.9 Å². The van der Waals surface area contributed by atoms with Gasteiger partial charge >= 0.3 is 5.63 Å². The van der Waals surface area contributed by atoms with Crippen molar-refractivity contribution >= 4 is 45.2 Å². The Morgan fingerprint density at radius 1 is 1.10 bits per heavy atom. The van der Waals surface area contributed by atoms with E-state index in [1.165, 1.54) is 27.4 Å². The van der Waals surface area contributed by atoms with E-state index >= 15 is 0 Å². The molecule has 0 saturated carbocycles. The van der Waals surface area contributed by atoms with Gasteiger partial charge in [-0.25, -0.2) is 4.79 Å². The van der Waals surface area contributed by atoms with E-state index in [0.717, 1.165) is 3.57 Å². The fourth-order valence-electron chi connectivity index (χ4n) is 4.22. The number of hydrogen-bond donors (Lipinski definition) is 3. The van der Waals surface area contributed by atoms with Crippen LogP contribution in [0, 0.1) is 3.57 Å². The summed E-state index contributed by atoms with van der Waals surface area (Å²) in [6.45, 7) is 4.43. The largest absolute Gasteiger partial charge is 0.496 e. The van der Waals surface area contributed by atoms with E-state index in [-0.39, 0.29) is 22.8 Å². The van der Waals surface area contributed by atoms with Crippen molar-refractivity contribution in [2.45, 2.75) is 44.9 Å². The number of anilines is 1. The maximum Gasteiger partial charge on any atom is 0.360 e. The van der Waals surface area contributed by atoms with Crippen LogP contribution in [0.4, 0.5) is 5.69 Å². The third kappa shape index (κ3) is 7.00. The monoisotopic (exact) mass is 657 g/mol. The van der Waals surface area contributed by atoms with Crippen LogP contribution in [0.15, 0.2) is 45.6 Å². The summed E-state index contributed by atoms with van der Waals surface area (Å²) in [5.41, 5.74) is -1.49. The van der Waals surface area contributed by atoms with Gasteiger partial charge < -0.3 is 43.6 Å². The summed E-state index contributed by atoms with van der Waals surface area (Å²) in [4.78, 5) is 25.6. The zero-order valence-corrected chi connectivity index (χ0v) is 24.6. The molecule has 0 bridgehead atoms. The first kappa shape index (κ1) is 30.6. The number of rotatable bonds is 12. The third-order valence-corrected chi connectivity index (χ3v) is 6.75. The van der Waals surface area contributed by atoms with E-state index in [4.69, 9.17) is 28.1 Å². The van der Waals surface area contributed by atoms with Crippen LogP contribution in [0.3, 0.4) is 0 Å². The molecule has 0 radical (unpaired) electrons. The first-order valence-electron chi connectivity index (χ1n) is 11.9. The molecule has 3 aromatic rings. The van der Waals surface area contributed by atoms with E-state index < -0.39 is 42.2 Å². The molecule has 2 aromatic carbocycles. The predicted octanol–water partition coefficient (Wildman–Crippen LogP) is 3.56. The van der Waals surface area contributed by atoms with E-state index in [9.17, 15) is 19.8 Å². The Hall–Kier alpha value is -2.91. The van der Waals surface area contributed by atoms with Crippen molar-refractivity contribution in [2.24, 2.45) is 0 Å². The van der Waals surface area contributed by atoms with Crippen molar-refractivity contribution in [3.63, 3.8) is 0 Å². The maximum absolute atomic E-state index is 12.8. The molecule has 1 heterocycles. The number of carbonyl (C=O) groups is 1.